The molecule has 3 heterocycles. The first kappa shape index (κ1) is 13.7. The molecule has 0 aliphatic carbocycles. The maximum absolute atomic E-state index is 12.3. The highest BCUT2D eigenvalue weighted by atomic mass is 16.5. The van der Waals surface area contributed by atoms with E-state index in [1.54, 1.807) is 9.58 Å². The molecular formula is C12H16N6O3. The van der Waals surface area contributed by atoms with Crippen molar-refractivity contribution in [3.8, 4) is 0 Å². The van der Waals surface area contributed by atoms with Crippen LogP contribution >= 0.6 is 0 Å². The van der Waals surface area contributed by atoms with E-state index in [1.165, 1.54) is 10.9 Å². The van der Waals surface area contributed by atoms with Crippen molar-refractivity contribution >= 4 is 17.1 Å². The summed E-state index contributed by atoms with van der Waals surface area (Å²) in [6.07, 6.45) is 1.37. The van der Waals surface area contributed by atoms with E-state index in [-0.39, 0.29) is 23.5 Å². The van der Waals surface area contributed by atoms with E-state index in [1.807, 2.05) is 6.92 Å². The van der Waals surface area contributed by atoms with Gasteiger partial charge >= 0.3 is 0 Å². The second-order valence-corrected chi connectivity index (χ2v) is 4.75. The van der Waals surface area contributed by atoms with E-state index in [9.17, 15) is 9.59 Å². The summed E-state index contributed by atoms with van der Waals surface area (Å²) in [4.78, 5) is 30.3. The Morgan fingerprint density at radius 2 is 2.14 bits per heavy atom. The van der Waals surface area contributed by atoms with Gasteiger partial charge in [-0.1, -0.05) is 5.21 Å². The van der Waals surface area contributed by atoms with Crippen LogP contribution in [-0.4, -0.2) is 61.7 Å². The molecule has 0 spiro atoms. The zero-order valence-corrected chi connectivity index (χ0v) is 11.7. The second kappa shape index (κ2) is 5.60. The molecule has 1 amide bonds. The Bertz CT molecular complexity index is 715. The zero-order valence-electron chi connectivity index (χ0n) is 11.7. The average molecular weight is 292 g/mol. The number of morpholine rings is 1. The van der Waals surface area contributed by atoms with Gasteiger partial charge in [0.05, 0.1) is 13.2 Å². The van der Waals surface area contributed by atoms with Crippen LogP contribution in [0, 0.1) is 0 Å². The summed E-state index contributed by atoms with van der Waals surface area (Å²) >= 11 is 0. The number of amides is 1. The summed E-state index contributed by atoms with van der Waals surface area (Å²) in [7, 11) is 0. The van der Waals surface area contributed by atoms with Gasteiger partial charge in [-0.25, -0.2) is 9.67 Å². The number of hydrogen-bond donors (Lipinski definition) is 0. The minimum Gasteiger partial charge on any atom is -0.378 e. The maximum atomic E-state index is 12.3. The second-order valence-electron chi connectivity index (χ2n) is 4.75. The first-order valence-corrected chi connectivity index (χ1v) is 6.85. The molecule has 0 unspecified atom stereocenters. The molecule has 1 saturated heterocycles. The Morgan fingerprint density at radius 3 is 2.86 bits per heavy atom. The molecule has 2 aromatic heterocycles. The van der Waals surface area contributed by atoms with Crippen molar-refractivity contribution < 1.29 is 9.53 Å². The van der Waals surface area contributed by atoms with Gasteiger partial charge in [-0.15, -0.1) is 5.10 Å². The van der Waals surface area contributed by atoms with E-state index in [4.69, 9.17) is 4.74 Å². The van der Waals surface area contributed by atoms with Crippen LogP contribution in [0.3, 0.4) is 0 Å². The van der Waals surface area contributed by atoms with Crippen LogP contribution in [0.15, 0.2) is 11.1 Å². The number of ether oxygens (including phenoxy) is 1. The van der Waals surface area contributed by atoms with Gasteiger partial charge in [0, 0.05) is 19.6 Å². The molecule has 0 bridgehead atoms. The van der Waals surface area contributed by atoms with Crippen LogP contribution in [0.25, 0.3) is 11.2 Å². The first-order chi connectivity index (χ1) is 10.2. The van der Waals surface area contributed by atoms with Gasteiger partial charge in [-0.3, -0.25) is 14.2 Å². The summed E-state index contributed by atoms with van der Waals surface area (Å²) in [5.74, 6) is -0.121. The standard InChI is InChI=1S/C12H16N6O3/c1-2-18-11-10(14-15-18)12(20)17(8-13-11)7-9(19)16-3-5-21-6-4-16/h8H,2-7H2,1H3. The summed E-state index contributed by atoms with van der Waals surface area (Å²) in [5.41, 5.74) is 0.285. The Hall–Kier alpha value is -2.29. The lowest BCUT2D eigenvalue weighted by Crippen LogP contribution is -2.43. The first-order valence-electron chi connectivity index (χ1n) is 6.85. The van der Waals surface area contributed by atoms with E-state index < -0.39 is 0 Å². The molecule has 0 saturated carbocycles. The zero-order chi connectivity index (χ0) is 14.8. The van der Waals surface area contributed by atoms with Gasteiger partial charge in [0.2, 0.25) is 5.91 Å². The minimum atomic E-state index is -0.346. The molecule has 0 atom stereocenters. The molecule has 21 heavy (non-hydrogen) atoms. The van der Waals surface area contributed by atoms with Gasteiger partial charge in [-0.2, -0.15) is 0 Å². The van der Waals surface area contributed by atoms with Crippen molar-refractivity contribution in [2.24, 2.45) is 0 Å². The Balaban J connectivity index is 1.85. The molecule has 3 rings (SSSR count). The SMILES string of the molecule is CCn1nnc2c(=O)n(CC(=O)N3CCOCC3)cnc21. The predicted octanol–water partition coefficient (Wildman–Crippen LogP) is -1.13. The van der Waals surface area contributed by atoms with Crippen LogP contribution in [0.1, 0.15) is 6.92 Å². The number of aromatic nitrogens is 5. The highest BCUT2D eigenvalue weighted by Gasteiger charge is 2.19. The van der Waals surface area contributed by atoms with Crippen molar-refractivity contribution in [1.82, 2.24) is 29.4 Å². The molecule has 1 aliphatic heterocycles. The number of fused-ring (bicyclic) bond motifs is 1. The topological polar surface area (TPSA) is 95.1 Å². The van der Waals surface area contributed by atoms with E-state index in [0.29, 0.717) is 38.5 Å². The van der Waals surface area contributed by atoms with Crippen LogP contribution in [0.5, 0.6) is 0 Å². The normalized spacial score (nSPS) is 15.6. The Morgan fingerprint density at radius 1 is 1.38 bits per heavy atom. The smallest absolute Gasteiger partial charge is 0.283 e. The quantitative estimate of drug-likeness (QED) is 0.710. The van der Waals surface area contributed by atoms with Crippen LogP contribution < -0.4 is 5.56 Å². The molecule has 0 N–H and O–H groups in total. The van der Waals surface area contributed by atoms with Crippen molar-refractivity contribution in [2.75, 3.05) is 26.3 Å². The third kappa shape index (κ3) is 2.51. The average Bonchev–Trinajstić information content (AvgIpc) is 2.94. The molecule has 2 aromatic rings. The predicted molar refractivity (Wildman–Crippen MR) is 72.7 cm³/mol. The van der Waals surface area contributed by atoms with E-state index in [2.05, 4.69) is 15.3 Å². The fourth-order valence-electron chi connectivity index (χ4n) is 2.27. The molecular weight excluding hydrogens is 276 g/mol. The fraction of sp³-hybridized carbons (Fsp3) is 0.583. The third-order valence-electron chi connectivity index (χ3n) is 3.46. The highest BCUT2D eigenvalue weighted by Crippen LogP contribution is 2.03. The van der Waals surface area contributed by atoms with E-state index in [0.717, 1.165) is 0 Å². The van der Waals surface area contributed by atoms with Crippen molar-refractivity contribution in [3.63, 3.8) is 0 Å². The molecule has 0 radical (unpaired) electrons. The van der Waals surface area contributed by atoms with Gasteiger partial charge in [0.25, 0.3) is 5.56 Å². The van der Waals surface area contributed by atoms with Crippen molar-refractivity contribution in [3.05, 3.63) is 16.7 Å². The number of carbonyl (C=O) groups is 1. The molecule has 0 aromatic carbocycles. The Labute approximate surface area is 120 Å². The third-order valence-corrected chi connectivity index (χ3v) is 3.46. The van der Waals surface area contributed by atoms with Crippen LogP contribution in [-0.2, 0) is 22.6 Å². The monoisotopic (exact) mass is 292 g/mol. The van der Waals surface area contributed by atoms with Gasteiger partial charge in [0.15, 0.2) is 11.2 Å². The molecule has 9 heteroatoms. The number of carbonyl (C=O) groups excluding carboxylic acids is 1. The van der Waals surface area contributed by atoms with Gasteiger partial charge < -0.3 is 9.64 Å². The van der Waals surface area contributed by atoms with Crippen molar-refractivity contribution in [2.45, 2.75) is 20.0 Å². The van der Waals surface area contributed by atoms with E-state index >= 15 is 0 Å². The van der Waals surface area contributed by atoms with Crippen LogP contribution in [0.2, 0.25) is 0 Å². The minimum absolute atomic E-state index is 0.0409. The van der Waals surface area contributed by atoms with Crippen molar-refractivity contribution in [1.29, 1.82) is 0 Å². The highest BCUT2D eigenvalue weighted by molar-refractivity contribution is 5.76. The van der Waals surface area contributed by atoms with Gasteiger partial charge in [0.1, 0.15) is 12.9 Å². The van der Waals surface area contributed by atoms with Crippen LogP contribution in [0.4, 0.5) is 0 Å². The Kier molecular flexibility index (Phi) is 3.65. The largest absolute Gasteiger partial charge is 0.378 e. The fourth-order valence-corrected chi connectivity index (χ4v) is 2.27. The lowest BCUT2D eigenvalue weighted by Gasteiger charge is -2.26. The lowest BCUT2D eigenvalue weighted by atomic mass is 10.4. The molecule has 112 valence electrons. The number of hydrogen-bond acceptors (Lipinski definition) is 6. The number of nitrogens with zero attached hydrogens (tertiary/aromatic N) is 6. The maximum Gasteiger partial charge on any atom is 0.283 e. The molecule has 1 aliphatic rings. The lowest BCUT2D eigenvalue weighted by molar-refractivity contribution is -0.135. The summed E-state index contributed by atoms with van der Waals surface area (Å²) in [6.45, 7) is 4.60. The van der Waals surface area contributed by atoms with Gasteiger partial charge in [-0.05, 0) is 6.92 Å². The molecule has 1 fully saturated rings. The number of aryl methyl sites for hydroxylation is 1. The summed E-state index contributed by atoms with van der Waals surface area (Å²) in [6, 6.07) is 0. The summed E-state index contributed by atoms with van der Waals surface area (Å²) < 4.78 is 8.02. The molecule has 9 nitrogen and oxygen atoms in total. The summed E-state index contributed by atoms with van der Waals surface area (Å²) in [5, 5.41) is 7.71. The number of rotatable bonds is 3.